The average Bonchev–Trinajstić information content (AvgIpc) is 3.39. The SMILES string of the molecule is C[C@@](CCn1ccc2cc(C#CC#C[C@@H]3C[C@H]3CO)c(F)cc21)(C(=O)NO)S(C)(=O)=O. The van der Waals surface area contributed by atoms with E-state index < -0.39 is 26.3 Å². The van der Waals surface area contributed by atoms with E-state index >= 15 is 0 Å². The second-order valence-corrected chi connectivity index (χ2v) is 10.3. The molecule has 1 aliphatic carbocycles. The van der Waals surface area contributed by atoms with Crippen LogP contribution in [0, 0.1) is 41.3 Å². The van der Waals surface area contributed by atoms with Gasteiger partial charge in [-0.3, -0.25) is 10.0 Å². The molecule has 0 saturated heterocycles. The highest BCUT2D eigenvalue weighted by molar-refractivity contribution is 7.92. The Morgan fingerprint density at radius 2 is 2.13 bits per heavy atom. The second kappa shape index (κ2) is 8.72. The first-order chi connectivity index (χ1) is 14.6. The highest BCUT2D eigenvalue weighted by Crippen LogP contribution is 2.36. The number of halogens is 1. The number of nitrogens with one attached hydrogen (secondary N) is 1. The van der Waals surface area contributed by atoms with E-state index in [0.717, 1.165) is 12.7 Å². The number of aromatic nitrogens is 1. The Balaban J connectivity index is 1.80. The van der Waals surface area contributed by atoms with Crippen molar-refractivity contribution in [3.63, 3.8) is 0 Å². The number of carbonyl (C=O) groups is 1. The van der Waals surface area contributed by atoms with Crippen LogP contribution in [0.2, 0.25) is 0 Å². The predicted octanol–water partition coefficient (Wildman–Crippen LogP) is 1.46. The lowest BCUT2D eigenvalue weighted by molar-refractivity contribution is -0.131. The number of fused-ring (bicyclic) bond motifs is 1. The minimum atomic E-state index is -3.82. The third-order valence-electron chi connectivity index (χ3n) is 5.76. The van der Waals surface area contributed by atoms with Crippen molar-refractivity contribution in [2.45, 2.75) is 31.1 Å². The molecule has 1 aromatic heterocycles. The monoisotopic (exact) mass is 446 g/mol. The first-order valence-electron chi connectivity index (χ1n) is 9.65. The molecule has 3 N–H and O–H groups in total. The van der Waals surface area contributed by atoms with E-state index in [1.54, 1.807) is 22.9 Å². The van der Waals surface area contributed by atoms with Gasteiger partial charge < -0.3 is 9.67 Å². The Hall–Kier alpha value is -2.85. The first kappa shape index (κ1) is 22.8. The highest BCUT2D eigenvalue weighted by Gasteiger charge is 2.43. The zero-order chi connectivity index (χ0) is 22.8. The third kappa shape index (κ3) is 4.75. The van der Waals surface area contributed by atoms with Crippen molar-refractivity contribution in [2.75, 3.05) is 12.9 Å². The number of amides is 1. The molecule has 1 aliphatic rings. The quantitative estimate of drug-likeness (QED) is 0.354. The fourth-order valence-electron chi connectivity index (χ4n) is 3.28. The van der Waals surface area contributed by atoms with E-state index in [9.17, 15) is 17.6 Å². The standard InChI is InChI=1S/C22H23FN2O5S/c1-22(21(27)24-28,31(2,29)30)8-10-25-9-7-17-12-16(19(23)13-20(17)25)6-4-3-5-15-11-18(15)14-26/h7,9,12-13,15,18,26,28H,8,10-11,14H2,1-2H3,(H,24,27)/t15-,18+,22-/m1/s1. The molecule has 3 atom stereocenters. The van der Waals surface area contributed by atoms with Crippen molar-refractivity contribution in [3.8, 4) is 23.7 Å². The van der Waals surface area contributed by atoms with Crippen LogP contribution < -0.4 is 5.48 Å². The molecule has 0 bridgehead atoms. The molecule has 0 aliphatic heterocycles. The van der Waals surface area contributed by atoms with Crippen molar-refractivity contribution in [1.82, 2.24) is 10.0 Å². The molecular formula is C22H23FN2O5S. The number of sulfone groups is 1. The van der Waals surface area contributed by atoms with Crippen LogP contribution in [-0.2, 0) is 21.2 Å². The average molecular weight is 447 g/mol. The maximum atomic E-state index is 14.5. The Labute approximate surface area is 180 Å². The number of hydrogen-bond donors (Lipinski definition) is 3. The molecule has 1 saturated carbocycles. The van der Waals surface area contributed by atoms with Gasteiger partial charge in [0.05, 0.1) is 11.1 Å². The van der Waals surface area contributed by atoms with Crippen molar-refractivity contribution in [1.29, 1.82) is 0 Å². The Morgan fingerprint density at radius 1 is 1.39 bits per heavy atom. The van der Waals surface area contributed by atoms with Crippen LogP contribution >= 0.6 is 0 Å². The maximum Gasteiger partial charge on any atom is 0.264 e. The molecule has 1 amide bonds. The molecule has 7 nitrogen and oxygen atoms in total. The van der Waals surface area contributed by atoms with Crippen molar-refractivity contribution >= 4 is 26.6 Å². The summed E-state index contributed by atoms with van der Waals surface area (Å²) in [7, 11) is -3.82. The number of benzene rings is 1. The molecule has 164 valence electrons. The van der Waals surface area contributed by atoms with Crippen molar-refractivity contribution in [3.05, 3.63) is 35.8 Å². The molecule has 1 fully saturated rings. The minimum Gasteiger partial charge on any atom is -0.396 e. The number of nitrogens with zero attached hydrogens (tertiary/aromatic N) is 1. The lowest BCUT2D eigenvalue weighted by atomic mass is 10.1. The maximum absolute atomic E-state index is 14.5. The molecule has 2 aromatic rings. The van der Waals surface area contributed by atoms with Gasteiger partial charge >= 0.3 is 0 Å². The van der Waals surface area contributed by atoms with E-state index in [2.05, 4.69) is 23.7 Å². The predicted molar refractivity (Wildman–Crippen MR) is 113 cm³/mol. The van der Waals surface area contributed by atoms with Gasteiger partial charge in [0.25, 0.3) is 5.91 Å². The summed E-state index contributed by atoms with van der Waals surface area (Å²) in [6.07, 6.45) is 3.34. The summed E-state index contributed by atoms with van der Waals surface area (Å²) in [6.45, 7) is 1.46. The summed E-state index contributed by atoms with van der Waals surface area (Å²) in [4.78, 5) is 12.0. The van der Waals surface area contributed by atoms with Gasteiger partial charge in [-0.05, 0) is 61.6 Å². The van der Waals surface area contributed by atoms with Crippen LogP contribution in [0.1, 0.15) is 25.3 Å². The first-order valence-corrected chi connectivity index (χ1v) is 11.5. The number of carbonyl (C=O) groups excluding carboxylic acids is 1. The zero-order valence-electron chi connectivity index (χ0n) is 17.1. The van der Waals surface area contributed by atoms with Crippen molar-refractivity contribution in [2.24, 2.45) is 11.8 Å². The van der Waals surface area contributed by atoms with Gasteiger partial charge in [-0.2, -0.15) is 0 Å². The second-order valence-electron chi connectivity index (χ2n) is 7.90. The molecular weight excluding hydrogens is 423 g/mol. The van der Waals surface area contributed by atoms with Crippen LogP contribution in [0.3, 0.4) is 0 Å². The molecule has 0 unspecified atom stereocenters. The molecule has 9 heteroatoms. The molecule has 1 aromatic carbocycles. The number of hydroxylamine groups is 1. The van der Waals surface area contributed by atoms with Gasteiger partial charge in [0.2, 0.25) is 0 Å². The molecule has 3 rings (SSSR count). The van der Waals surface area contributed by atoms with Gasteiger partial charge in [-0.25, -0.2) is 18.3 Å². The summed E-state index contributed by atoms with van der Waals surface area (Å²) in [5, 5.41) is 18.6. The molecule has 1 heterocycles. The normalized spacial score (nSPS) is 19.5. The number of rotatable bonds is 6. The van der Waals surface area contributed by atoms with E-state index in [4.69, 9.17) is 10.3 Å². The number of aryl methyl sites for hydroxylation is 1. The summed E-state index contributed by atoms with van der Waals surface area (Å²) in [5.74, 6) is 9.78. The van der Waals surface area contributed by atoms with Crippen molar-refractivity contribution < 1.29 is 27.9 Å². The van der Waals surface area contributed by atoms with Gasteiger partial charge in [0.1, 0.15) is 5.82 Å². The van der Waals surface area contributed by atoms with Crippen LogP contribution in [0.4, 0.5) is 4.39 Å². The fraction of sp³-hybridized carbons (Fsp3) is 0.409. The highest BCUT2D eigenvalue weighted by atomic mass is 32.2. The van der Waals surface area contributed by atoms with Gasteiger partial charge in [0, 0.05) is 36.9 Å². The number of hydrogen-bond acceptors (Lipinski definition) is 5. The smallest absolute Gasteiger partial charge is 0.264 e. The third-order valence-corrected chi connectivity index (χ3v) is 7.79. The lowest BCUT2D eigenvalue weighted by Crippen LogP contribution is -2.49. The van der Waals surface area contributed by atoms with E-state index in [-0.39, 0.29) is 37.0 Å². The van der Waals surface area contributed by atoms with Crippen LogP contribution in [-0.4, -0.2) is 46.8 Å². The molecule has 31 heavy (non-hydrogen) atoms. The van der Waals surface area contributed by atoms with E-state index in [1.165, 1.54) is 18.5 Å². The number of aliphatic hydroxyl groups excluding tert-OH is 1. The largest absolute Gasteiger partial charge is 0.396 e. The van der Waals surface area contributed by atoms with Gasteiger partial charge in [-0.15, -0.1) is 0 Å². The van der Waals surface area contributed by atoms with Crippen LogP contribution in [0.15, 0.2) is 24.4 Å². The minimum absolute atomic E-state index is 0.114. The molecule has 0 spiro atoms. The zero-order valence-corrected chi connectivity index (χ0v) is 18.0. The van der Waals surface area contributed by atoms with Gasteiger partial charge in [0.15, 0.2) is 14.6 Å². The molecule has 0 radical (unpaired) electrons. The Bertz CT molecular complexity index is 1250. The van der Waals surface area contributed by atoms with Gasteiger partial charge in [-0.1, -0.05) is 5.92 Å². The number of aliphatic hydroxyl groups is 1. The van der Waals surface area contributed by atoms with E-state index in [1.807, 2.05) is 0 Å². The Morgan fingerprint density at radius 3 is 2.74 bits per heavy atom. The summed E-state index contributed by atoms with van der Waals surface area (Å²) in [5.41, 5.74) is 2.13. The van der Waals surface area contributed by atoms with Crippen LogP contribution in [0.25, 0.3) is 10.9 Å². The Kier molecular flexibility index (Phi) is 6.42. The van der Waals surface area contributed by atoms with E-state index in [0.29, 0.717) is 10.9 Å². The van der Waals surface area contributed by atoms with Crippen LogP contribution in [0.5, 0.6) is 0 Å². The fourth-order valence-corrected chi connectivity index (χ4v) is 4.12. The summed E-state index contributed by atoms with van der Waals surface area (Å²) < 4.78 is 38.6. The lowest BCUT2D eigenvalue weighted by Gasteiger charge is -2.25. The topological polar surface area (TPSA) is 109 Å². The summed E-state index contributed by atoms with van der Waals surface area (Å²) >= 11 is 0. The summed E-state index contributed by atoms with van der Waals surface area (Å²) in [6, 6.07) is 4.63.